The number of nitro groups is 1. The largest absolute Gasteiger partial charge is 0.493 e. The van der Waals surface area contributed by atoms with Crippen molar-refractivity contribution in [1.29, 1.82) is 0 Å². The molecule has 0 aliphatic carbocycles. The summed E-state index contributed by atoms with van der Waals surface area (Å²) >= 11 is 0. The summed E-state index contributed by atoms with van der Waals surface area (Å²) in [4.78, 5) is 21.6. The Morgan fingerprint density at radius 2 is 2.17 bits per heavy atom. The maximum absolute atomic E-state index is 11.2. The van der Waals surface area contributed by atoms with Crippen molar-refractivity contribution >= 4 is 17.3 Å². The van der Waals surface area contributed by atoms with Gasteiger partial charge in [0, 0.05) is 6.42 Å². The Bertz CT molecular complexity index is 446. The molecular weight excluding hydrogens is 236 g/mol. The van der Waals surface area contributed by atoms with Crippen LogP contribution >= 0.6 is 0 Å². The van der Waals surface area contributed by atoms with Gasteiger partial charge in [-0.3, -0.25) is 14.9 Å². The number of nitrogens with one attached hydrogen (secondary N) is 1. The first-order valence-electron chi connectivity index (χ1n) is 5.79. The average molecular weight is 252 g/mol. The number of hydrogen-bond acceptors (Lipinski definition) is 4. The van der Waals surface area contributed by atoms with Gasteiger partial charge in [-0.15, -0.1) is 0 Å². The minimum Gasteiger partial charge on any atom is -0.493 e. The quantitative estimate of drug-likeness (QED) is 0.623. The fraction of sp³-hybridized carbons (Fsp3) is 0.417. The Hall–Kier alpha value is -2.11. The van der Waals surface area contributed by atoms with E-state index in [1.807, 2.05) is 6.92 Å². The number of carbonyl (C=O) groups excluding carboxylic acids is 1. The van der Waals surface area contributed by atoms with Gasteiger partial charge >= 0.3 is 0 Å². The third-order valence-electron chi connectivity index (χ3n) is 2.23. The Labute approximate surface area is 105 Å². The zero-order valence-electron chi connectivity index (χ0n) is 10.4. The van der Waals surface area contributed by atoms with E-state index < -0.39 is 4.92 Å². The van der Waals surface area contributed by atoms with E-state index in [0.29, 0.717) is 12.4 Å². The predicted octanol–water partition coefficient (Wildman–Crippen LogP) is 2.73. The van der Waals surface area contributed by atoms with E-state index in [-0.39, 0.29) is 23.7 Å². The molecule has 1 N–H and O–H groups in total. The molecule has 1 aromatic carbocycles. The third-order valence-corrected chi connectivity index (χ3v) is 2.23. The summed E-state index contributed by atoms with van der Waals surface area (Å²) in [6.45, 7) is 4.13. The summed E-state index contributed by atoms with van der Waals surface area (Å²) in [5, 5.41) is 13.4. The maximum atomic E-state index is 11.2. The van der Waals surface area contributed by atoms with Crippen LogP contribution in [-0.4, -0.2) is 17.4 Å². The summed E-state index contributed by atoms with van der Waals surface area (Å²) in [7, 11) is 0. The van der Waals surface area contributed by atoms with Crippen molar-refractivity contribution in [2.24, 2.45) is 0 Å². The first-order valence-corrected chi connectivity index (χ1v) is 5.79. The number of nitro benzene ring substituents is 1. The monoisotopic (exact) mass is 252 g/mol. The van der Waals surface area contributed by atoms with Crippen molar-refractivity contribution in [2.75, 3.05) is 11.9 Å². The first kappa shape index (κ1) is 14.0. The molecule has 18 heavy (non-hydrogen) atoms. The minimum atomic E-state index is -0.538. The highest BCUT2D eigenvalue weighted by molar-refractivity contribution is 5.93. The molecule has 0 unspecified atom stereocenters. The van der Waals surface area contributed by atoms with Crippen molar-refractivity contribution in [2.45, 2.75) is 26.7 Å². The fourth-order valence-electron chi connectivity index (χ4n) is 1.32. The van der Waals surface area contributed by atoms with Crippen molar-refractivity contribution in [3.63, 3.8) is 0 Å². The van der Waals surface area contributed by atoms with Gasteiger partial charge in [-0.1, -0.05) is 13.8 Å². The van der Waals surface area contributed by atoms with Crippen LogP contribution in [0.2, 0.25) is 0 Å². The Balaban J connectivity index is 2.97. The van der Waals surface area contributed by atoms with Crippen LogP contribution in [0.25, 0.3) is 0 Å². The molecule has 0 heterocycles. The zero-order valence-corrected chi connectivity index (χ0v) is 10.4. The third kappa shape index (κ3) is 3.73. The second-order valence-electron chi connectivity index (χ2n) is 3.69. The lowest BCUT2D eigenvalue weighted by Crippen LogP contribution is -2.11. The van der Waals surface area contributed by atoms with Crippen LogP contribution in [0.3, 0.4) is 0 Å². The molecular formula is C12H16N2O4. The summed E-state index contributed by atoms with van der Waals surface area (Å²) < 4.78 is 5.32. The van der Waals surface area contributed by atoms with Crippen LogP contribution in [-0.2, 0) is 4.79 Å². The van der Waals surface area contributed by atoms with E-state index in [4.69, 9.17) is 4.74 Å². The normalized spacial score (nSPS) is 9.89. The van der Waals surface area contributed by atoms with Gasteiger partial charge in [0.05, 0.1) is 17.6 Å². The number of rotatable bonds is 6. The highest BCUT2D eigenvalue weighted by atomic mass is 16.6. The summed E-state index contributed by atoms with van der Waals surface area (Å²) in [6, 6.07) is 4.41. The molecule has 6 heteroatoms. The second-order valence-corrected chi connectivity index (χ2v) is 3.69. The van der Waals surface area contributed by atoms with Crippen LogP contribution < -0.4 is 10.1 Å². The molecule has 98 valence electrons. The van der Waals surface area contributed by atoms with Gasteiger partial charge in [0.2, 0.25) is 5.91 Å². The molecule has 0 fully saturated rings. The molecule has 0 aliphatic rings. The molecule has 1 amide bonds. The van der Waals surface area contributed by atoms with Gasteiger partial charge in [-0.05, 0) is 18.6 Å². The molecule has 0 aromatic heterocycles. The van der Waals surface area contributed by atoms with Crippen LogP contribution in [0.5, 0.6) is 5.75 Å². The van der Waals surface area contributed by atoms with Crippen LogP contribution in [0.1, 0.15) is 26.7 Å². The van der Waals surface area contributed by atoms with Crippen LogP contribution in [0.15, 0.2) is 18.2 Å². The molecule has 1 aromatic rings. The SMILES string of the molecule is CCCOc1ccc(NC(=O)CC)c([N+](=O)[O-])c1. The standard InChI is InChI=1S/C12H16N2O4/c1-3-7-18-9-5-6-10(13-12(15)4-2)11(8-9)14(16)17/h5-6,8H,3-4,7H2,1-2H3,(H,13,15). The molecule has 0 aliphatic heterocycles. The second kappa shape index (κ2) is 6.58. The molecule has 0 saturated heterocycles. The number of amides is 1. The number of carbonyl (C=O) groups is 1. The smallest absolute Gasteiger partial charge is 0.296 e. The average Bonchev–Trinajstić information content (AvgIpc) is 2.37. The van der Waals surface area contributed by atoms with Crippen molar-refractivity contribution < 1.29 is 14.5 Å². The van der Waals surface area contributed by atoms with Crippen molar-refractivity contribution in [3.8, 4) is 5.75 Å². The van der Waals surface area contributed by atoms with E-state index in [1.54, 1.807) is 13.0 Å². The van der Waals surface area contributed by atoms with Gasteiger partial charge in [0.15, 0.2) is 0 Å². The maximum Gasteiger partial charge on any atom is 0.296 e. The minimum absolute atomic E-state index is 0.162. The topological polar surface area (TPSA) is 81.5 Å². The fourth-order valence-corrected chi connectivity index (χ4v) is 1.32. The molecule has 6 nitrogen and oxygen atoms in total. The molecule has 0 bridgehead atoms. The highest BCUT2D eigenvalue weighted by Crippen LogP contribution is 2.29. The molecule has 0 saturated carbocycles. The number of nitrogens with zero attached hydrogens (tertiary/aromatic N) is 1. The highest BCUT2D eigenvalue weighted by Gasteiger charge is 2.16. The lowest BCUT2D eigenvalue weighted by molar-refractivity contribution is -0.384. The molecule has 0 atom stereocenters. The van der Waals surface area contributed by atoms with E-state index in [1.165, 1.54) is 12.1 Å². The molecule has 0 spiro atoms. The number of ether oxygens (including phenoxy) is 1. The number of anilines is 1. The first-order chi connectivity index (χ1) is 8.58. The summed E-state index contributed by atoms with van der Waals surface area (Å²) in [6.07, 6.45) is 1.09. The van der Waals surface area contributed by atoms with Gasteiger partial charge in [0.1, 0.15) is 11.4 Å². The zero-order chi connectivity index (χ0) is 13.5. The lowest BCUT2D eigenvalue weighted by atomic mass is 10.2. The number of hydrogen-bond donors (Lipinski definition) is 1. The molecule has 0 radical (unpaired) electrons. The van der Waals surface area contributed by atoms with Gasteiger partial charge in [-0.25, -0.2) is 0 Å². The van der Waals surface area contributed by atoms with Crippen molar-refractivity contribution in [3.05, 3.63) is 28.3 Å². The Morgan fingerprint density at radius 3 is 2.72 bits per heavy atom. The van der Waals surface area contributed by atoms with Gasteiger partial charge in [-0.2, -0.15) is 0 Å². The van der Waals surface area contributed by atoms with Gasteiger partial charge in [0.25, 0.3) is 5.69 Å². The van der Waals surface area contributed by atoms with E-state index >= 15 is 0 Å². The number of benzene rings is 1. The van der Waals surface area contributed by atoms with Crippen molar-refractivity contribution in [1.82, 2.24) is 0 Å². The van der Waals surface area contributed by atoms with E-state index in [9.17, 15) is 14.9 Å². The van der Waals surface area contributed by atoms with E-state index in [0.717, 1.165) is 6.42 Å². The van der Waals surface area contributed by atoms with E-state index in [2.05, 4.69) is 5.32 Å². The van der Waals surface area contributed by atoms with Crippen LogP contribution in [0.4, 0.5) is 11.4 Å². The summed E-state index contributed by atoms with van der Waals surface area (Å²) in [5.41, 5.74) is 0.0288. The Kier molecular flexibility index (Phi) is 5.10. The summed E-state index contributed by atoms with van der Waals surface area (Å²) in [5.74, 6) is 0.165. The van der Waals surface area contributed by atoms with Crippen LogP contribution in [0, 0.1) is 10.1 Å². The Morgan fingerprint density at radius 1 is 1.44 bits per heavy atom. The predicted molar refractivity (Wildman–Crippen MR) is 67.8 cm³/mol. The molecule has 1 rings (SSSR count). The van der Waals surface area contributed by atoms with Gasteiger partial charge < -0.3 is 10.1 Å². The lowest BCUT2D eigenvalue weighted by Gasteiger charge is -2.08.